The summed E-state index contributed by atoms with van der Waals surface area (Å²) in [4.78, 5) is 18.0. The predicted octanol–water partition coefficient (Wildman–Crippen LogP) is 2.44. The van der Waals surface area contributed by atoms with Gasteiger partial charge in [-0.25, -0.2) is 4.98 Å². The average molecular weight is 409 g/mol. The lowest BCUT2D eigenvalue weighted by atomic mass is 10.0. The molecule has 158 valence electrons. The molecule has 1 saturated heterocycles. The van der Waals surface area contributed by atoms with E-state index in [-0.39, 0.29) is 11.9 Å². The van der Waals surface area contributed by atoms with Crippen LogP contribution in [0.5, 0.6) is 5.75 Å². The van der Waals surface area contributed by atoms with Crippen LogP contribution in [0.4, 0.5) is 0 Å². The Kier molecular flexibility index (Phi) is 5.96. The van der Waals surface area contributed by atoms with E-state index >= 15 is 0 Å². The van der Waals surface area contributed by atoms with Gasteiger partial charge in [-0.2, -0.15) is 5.10 Å². The molecular formula is C22H27N5O3. The molecule has 0 bridgehead atoms. The number of nitrogens with one attached hydrogen (secondary N) is 2. The zero-order valence-corrected chi connectivity index (χ0v) is 17.6. The van der Waals surface area contributed by atoms with Crippen molar-refractivity contribution in [3.05, 3.63) is 41.6 Å². The zero-order chi connectivity index (χ0) is 21.1. The highest BCUT2D eigenvalue weighted by Gasteiger charge is 2.27. The van der Waals surface area contributed by atoms with Crippen LogP contribution in [-0.4, -0.2) is 54.6 Å². The van der Waals surface area contributed by atoms with E-state index in [4.69, 9.17) is 19.6 Å². The summed E-state index contributed by atoms with van der Waals surface area (Å²) in [5.74, 6) is 0.619. The van der Waals surface area contributed by atoms with Gasteiger partial charge in [-0.1, -0.05) is 0 Å². The molecule has 1 fully saturated rings. The van der Waals surface area contributed by atoms with E-state index in [1.54, 1.807) is 18.9 Å². The molecule has 1 aromatic carbocycles. The second-order valence-corrected chi connectivity index (χ2v) is 7.39. The SMILES string of the molecule is COCCNC(=O)c1cc(-c2ccc(OC)cc2)nc2c1c(C1CCCN1)nn2C. The molecule has 1 atom stereocenters. The maximum absolute atomic E-state index is 13.1. The number of carbonyl (C=O) groups excluding carboxylic acids is 1. The molecule has 8 heteroatoms. The standard InChI is InChI=1S/C22H27N5O3/c1-27-21-19(20(26-27)17-5-4-10-23-17)16(22(28)24-11-12-29-2)13-18(25-21)14-6-8-15(30-3)9-7-14/h6-9,13,17,23H,4-5,10-12H2,1-3H3,(H,24,28). The number of methoxy groups -OCH3 is 2. The lowest BCUT2D eigenvalue weighted by molar-refractivity contribution is 0.0938. The Morgan fingerprint density at radius 1 is 1.30 bits per heavy atom. The lowest BCUT2D eigenvalue weighted by Gasteiger charge is -2.12. The van der Waals surface area contributed by atoms with Crippen LogP contribution >= 0.6 is 0 Å². The molecule has 0 spiro atoms. The Labute approximate surface area is 175 Å². The van der Waals surface area contributed by atoms with Crippen LogP contribution in [0.25, 0.3) is 22.3 Å². The summed E-state index contributed by atoms with van der Waals surface area (Å²) in [7, 11) is 5.12. The van der Waals surface area contributed by atoms with E-state index in [2.05, 4.69) is 10.6 Å². The molecular weight excluding hydrogens is 382 g/mol. The molecule has 0 saturated carbocycles. The van der Waals surface area contributed by atoms with Crippen LogP contribution in [0.2, 0.25) is 0 Å². The van der Waals surface area contributed by atoms with Crippen molar-refractivity contribution in [1.29, 1.82) is 0 Å². The summed E-state index contributed by atoms with van der Waals surface area (Å²) in [6, 6.07) is 9.64. The second-order valence-electron chi connectivity index (χ2n) is 7.39. The first-order valence-corrected chi connectivity index (χ1v) is 10.1. The second kappa shape index (κ2) is 8.81. The highest BCUT2D eigenvalue weighted by Crippen LogP contribution is 2.33. The molecule has 1 amide bonds. The first-order chi connectivity index (χ1) is 14.6. The van der Waals surface area contributed by atoms with Gasteiger partial charge < -0.3 is 20.1 Å². The Bertz CT molecular complexity index is 1040. The summed E-state index contributed by atoms with van der Waals surface area (Å²) in [6.45, 7) is 1.85. The highest BCUT2D eigenvalue weighted by molar-refractivity contribution is 6.07. The molecule has 8 nitrogen and oxygen atoms in total. The first kappa shape index (κ1) is 20.3. The molecule has 1 aliphatic rings. The maximum Gasteiger partial charge on any atom is 0.252 e. The maximum atomic E-state index is 13.1. The lowest BCUT2D eigenvalue weighted by Crippen LogP contribution is -2.27. The Balaban J connectivity index is 1.84. The molecule has 2 aromatic heterocycles. The highest BCUT2D eigenvalue weighted by atomic mass is 16.5. The minimum atomic E-state index is -0.151. The predicted molar refractivity (Wildman–Crippen MR) is 115 cm³/mol. The number of hydrogen-bond donors (Lipinski definition) is 2. The number of aromatic nitrogens is 3. The molecule has 3 heterocycles. The summed E-state index contributed by atoms with van der Waals surface area (Å²) in [5, 5.41) is 12.0. The van der Waals surface area contributed by atoms with Gasteiger partial charge in [-0.05, 0) is 49.7 Å². The number of fused-ring (bicyclic) bond motifs is 1. The fourth-order valence-corrected chi connectivity index (χ4v) is 3.89. The molecule has 30 heavy (non-hydrogen) atoms. The first-order valence-electron chi connectivity index (χ1n) is 10.1. The van der Waals surface area contributed by atoms with Crippen molar-refractivity contribution < 1.29 is 14.3 Å². The molecule has 1 aliphatic heterocycles. The quantitative estimate of drug-likeness (QED) is 0.583. The van der Waals surface area contributed by atoms with Gasteiger partial charge in [0.15, 0.2) is 5.65 Å². The number of amides is 1. The molecule has 0 aliphatic carbocycles. The molecule has 3 aromatic rings. The third-order valence-corrected chi connectivity index (χ3v) is 5.43. The van der Waals surface area contributed by atoms with Gasteiger partial charge in [0.25, 0.3) is 5.91 Å². The topological polar surface area (TPSA) is 90.3 Å². The normalized spacial score (nSPS) is 16.2. The smallest absolute Gasteiger partial charge is 0.252 e. The molecule has 0 radical (unpaired) electrons. The van der Waals surface area contributed by atoms with Crippen molar-refractivity contribution in [2.24, 2.45) is 7.05 Å². The molecule has 4 rings (SSSR count). The van der Waals surface area contributed by atoms with Gasteiger partial charge in [0.05, 0.1) is 42.1 Å². The van der Waals surface area contributed by atoms with Crippen molar-refractivity contribution in [3.63, 3.8) is 0 Å². The van der Waals surface area contributed by atoms with Gasteiger partial charge >= 0.3 is 0 Å². The molecule has 2 N–H and O–H groups in total. The van der Waals surface area contributed by atoms with E-state index < -0.39 is 0 Å². The number of pyridine rings is 1. The Morgan fingerprint density at radius 3 is 2.77 bits per heavy atom. The number of hydrogen-bond acceptors (Lipinski definition) is 6. The number of rotatable bonds is 7. The number of aryl methyl sites for hydroxylation is 1. The van der Waals surface area contributed by atoms with Gasteiger partial charge in [-0.3, -0.25) is 9.48 Å². The van der Waals surface area contributed by atoms with E-state index in [1.807, 2.05) is 37.4 Å². The Morgan fingerprint density at radius 2 is 2.10 bits per heavy atom. The van der Waals surface area contributed by atoms with Crippen molar-refractivity contribution in [2.75, 3.05) is 33.9 Å². The largest absolute Gasteiger partial charge is 0.497 e. The van der Waals surface area contributed by atoms with E-state index in [0.717, 1.165) is 47.5 Å². The van der Waals surface area contributed by atoms with Crippen LogP contribution in [0, 0.1) is 0 Å². The van der Waals surface area contributed by atoms with Crippen molar-refractivity contribution in [1.82, 2.24) is 25.4 Å². The number of benzene rings is 1. The van der Waals surface area contributed by atoms with Gasteiger partial charge in [0.2, 0.25) is 0 Å². The fourth-order valence-electron chi connectivity index (χ4n) is 3.89. The third kappa shape index (κ3) is 3.88. The summed E-state index contributed by atoms with van der Waals surface area (Å²) >= 11 is 0. The van der Waals surface area contributed by atoms with E-state index in [9.17, 15) is 4.79 Å². The van der Waals surface area contributed by atoms with Gasteiger partial charge in [0.1, 0.15) is 5.75 Å². The minimum Gasteiger partial charge on any atom is -0.497 e. The summed E-state index contributed by atoms with van der Waals surface area (Å²) in [5.41, 5.74) is 3.79. The number of ether oxygens (including phenoxy) is 2. The van der Waals surface area contributed by atoms with Crippen LogP contribution in [-0.2, 0) is 11.8 Å². The zero-order valence-electron chi connectivity index (χ0n) is 17.6. The monoisotopic (exact) mass is 409 g/mol. The van der Waals surface area contributed by atoms with Crippen LogP contribution in [0.3, 0.4) is 0 Å². The number of nitrogens with zero attached hydrogens (tertiary/aromatic N) is 3. The fraction of sp³-hybridized carbons (Fsp3) is 0.409. The summed E-state index contributed by atoms with van der Waals surface area (Å²) < 4.78 is 12.1. The van der Waals surface area contributed by atoms with Gasteiger partial charge in [0, 0.05) is 26.3 Å². The number of carbonyl (C=O) groups is 1. The molecule has 1 unspecified atom stereocenters. The van der Waals surface area contributed by atoms with E-state index in [1.165, 1.54) is 0 Å². The van der Waals surface area contributed by atoms with Crippen molar-refractivity contribution in [3.8, 4) is 17.0 Å². The van der Waals surface area contributed by atoms with Crippen molar-refractivity contribution in [2.45, 2.75) is 18.9 Å². The van der Waals surface area contributed by atoms with Gasteiger partial charge in [-0.15, -0.1) is 0 Å². The summed E-state index contributed by atoms with van der Waals surface area (Å²) in [6.07, 6.45) is 2.09. The van der Waals surface area contributed by atoms with Crippen molar-refractivity contribution >= 4 is 16.9 Å². The average Bonchev–Trinajstić information content (AvgIpc) is 3.41. The van der Waals surface area contributed by atoms with Crippen LogP contribution in [0.1, 0.15) is 34.9 Å². The van der Waals surface area contributed by atoms with E-state index in [0.29, 0.717) is 24.4 Å². The third-order valence-electron chi connectivity index (χ3n) is 5.43. The minimum absolute atomic E-state index is 0.132. The Hall–Kier alpha value is -2.97. The van der Waals surface area contributed by atoms with Crippen LogP contribution in [0.15, 0.2) is 30.3 Å². The van der Waals surface area contributed by atoms with Crippen LogP contribution < -0.4 is 15.4 Å².